The van der Waals surface area contributed by atoms with E-state index in [-0.39, 0.29) is 0 Å². The average molecular weight is 448 g/mol. The summed E-state index contributed by atoms with van der Waals surface area (Å²) < 4.78 is 15.0. The Labute approximate surface area is 168 Å². The highest BCUT2D eigenvalue weighted by molar-refractivity contribution is 9.10. The van der Waals surface area contributed by atoms with E-state index in [1.54, 1.807) is 0 Å². The minimum absolute atomic E-state index is 0.424. The number of halogens is 1. The van der Waals surface area contributed by atoms with E-state index in [0.717, 1.165) is 39.0 Å². The van der Waals surface area contributed by atoms with E-state index in [1.807, 2.05) is 47.0 Å². The van der Waals surface area contributed by atoms with E-state index >= 15 is 0 Å². The van der Waals surface area contributed by atoms with Gasteiger partial charge in [0.2, 0.25) is 0 Å². The molecule has 7 heteroatoms. The molecule has 0 aliphatic rings. The van der Waals surface area contributed by atoms with E-state index in [1.165, 1.54) is 0 Å². The molecule has 0 saturated carbocycles. The Bertz CT molecular complexity index is 1100. The normalized spacial score (nSPS) is 12.9. The quantitative estimate of drug-likeness (QED) is 0.377. The Morgan fingerprint density at radius 3 is 2.70 bits per heavy atom. The van der Waals surface area contributed by atoms with Crippen molar-refractivity contribution < 1.29 is 9.15 Å². The third-order valence-electron chi connectivity index (χ3n) is 4.26. The van der Waals surface area contributed by atoms with Crippen molar-refractivity contribution in [2.45, 2.75) is 6.73 Å². The summed E-state index contributed by atoms with van der Waals surface area (Å²) in [5, 5.41) is 0. The summed E-state index contributed by atoms with van der Waals surface area (Å²) >= 11 is 3.47. The van der Waals surface area contributed by atoms with Gasteiger partial charge in [-0.2, -0.15) is 0 Å². The largest absolute Gasteiger partial charge is 0.434 e. The molecule has 0 unspecified atom stereocenters. The highest BCUT2D eigenvalue weighted by atomic mass is 79.9. The summed E-state index contributed by atoms with van der Waals surface area (Å²) in [6, 6.07) is 13.8. The lowest BCUT2D eigenvalue weighted by Crippen LogP contribution is -2.10. The second-order valence-electron chi connectivity index (χ2n) is 7.32. The number of rotatable bonds is 6. The van der Waals surface area contributed by atoms with Crippen molar-refractivity contribution in [3.8, 4) is 11.7 Å². The number of oxazole rings is 1. The van der Waals surface area contributed by atoms with Crippen LogP contribution in [0, 0.1) is 0 Å². The summed E-state index contributed by atoms with van der Waals surface area (Å²) in [7, 11) is -0.577. The summed E-state index contributed by atoms with van der Waals surface area (Å²) in [6.07, 6.45) is 6.89. The van der Waals surface area contributed by atoms with Crippen LogP contribution in [-0.4, -0.2) is 45.7 Å². The second kappa shape index (κ2) is 7.30. The van der Waals surface area contributed by atoms with E-state index < -0.39 is 10.0 Å². The summed E-state index contributed by atoms with van der Waals surface area (Å²) in [4.78, 5) is 9.37. The van der Waals surface area contributed by atoms with Crippen molar-refractivity contribution in [2.75, 3.05) is 31.1 Å². The first-order chi connectivity index (χ1) is 12.9. The van der Waals surface area contributed by atoms with Gasteiger partial charge in [0.05, 0.1) is 17.6 Å². The molecule has 27 heavy (non-hydrogen) atoms. The number of aromatic nitrogens is 3. The smallest absolute Gasteiger partial charge is 0.264 e. The molecule has 4 rings (SSSR count). The van der Waals surface area contributed by atoms with Crippen molar-refractivity contribution in [1.82, 2.24) is 14.5 Å². The number of hydrogen-bond acceptors (Lipinski definition) is 4. The highest BCUT2D eigenvalue weighted by Gasteiger charge is 2.18. The van der Waals surface area contributed by atoms with Crippen LogP contribution in [0.15, 0.2) is 51.4 Å². The number of ether oxygens (including phenoxy) is 1. The lowest BCUT2D eigenvalue weighted by atomic mass is 10.3. The van der Waals surface area contributed by atoms with Gasteiger partial charge >= 0.3 is 0 Å². The van der Waals surface area contributed by atoms with Crippen molar-refractivity contribution in [2.24, 2.45) is 0 Å². The van der Waals surface area contributed by atoms with E-state index in [0.29, 0.717) is 18.4 Å². The topological polar surface area (TPSA) is 53.1 Å². The molecular formula is C20H22BrN3O2S. The fraction of sp³-hybridized carbons (Fsp3) is 0.300. The molecular weight excluding hydrogens is 426 g/mol. The molecule has 0 saturated heterocycles. The van der Waals surface area contributed by atoms with Gasteiger partial charge in [0.15, 0.2) is 11.4 Å². The lowest BCUT2D eigenvalue weighted by Gasteiger charge is -2.24. The zero-order chi connectivity index (χ0) is 19.0. The molecule has 0 amide bonds. The zero-order valence-electron chi connectivity index (χ0n) is 15.6. The number of imidazole rings is 1. The van der Waals surface area contributed by atoms with E-state index in [9.17, 15) is 0 Å². The molecule has 4 aromatic rings. The van der Waals surface area contributed by atoms with E-state index in [4.69, 9.17) is 14.1 Å². The molecule has 0 radical (unpaired) electrons. The van der Waals surface area contributed by atoms with Crippen LogP contribution in [0.3, 0.4) is 0 Å². The Morgan fingerprint density at radius 2 is 1.89 bits per heavy atom. The second-order valence-corrected chi connectivity index (χ2v) is 12.8. The van der Waals surface area contributed by atoms with Gasteiger partial charge in [-0.15, -0.1) is 0 Å². The van der Waals surface area contributed by atoms with Crippen LogP contribution in [0.1, 0.15) is 0 Å². The third-order valence-corrected chi connectivity index (χ3v) is 6.14. The molecule has 0 bridgehead atoms. The number of benzene rings is 2. The number of fused-ring (bicyclic) bond motifs is 2. The van der Waals surface area contributed by atoms with Gasteiger partial charge in [0.1, 0.15) is 12.2 Å². The molecule has 0 fully saturated rings. The van der Waals surface area contributed by atoms with Gasteiger partial charge in [0, 0.05) is 10.2 Å². The first kappa shape index (κ1) is 18.5. The Kier molecular flexibility index (Phi) is 5.01. The van der Waals surface area contributed by atoms with Crippen LogP contribution in [0.5, 0.6) is 0 Å². The van der Waals surface area contributed by atoms with Crippen LogP contribution in [0.2, 0.25) is 0 Å². The monoisotopic (exact) mass is 447 g/mol. The van der Waals surface area contributed by atoms with Gasteiger partial charge in [-0.1, -0.05) is 28.1 Å². The standard InChI is InChI=1S/C20H22BrN3O2S/c1-27(2,3)11-10-25-13-24-17-7-5-4-6-15(17)22-19(24)20-23-16-9-8-14(21)12-18(16)26-20/h4-9,12H,10-11,13H2,1-3H3. The highest BCUT2D eigenvalue weighted by Crippen LogP contribution is 2.34. The van der Waals surface area contributed by atoms with Crippen LogP contribution < -0.4 is 0 Å². The van der Waals surface area contributed by atoms with Crippen molar-refractivity contribution in [3.05, 3.63) is 46.9 Å². The number of nitrogens with zero attached hydrogens (tertiary/aromatic N) is 3. The van der Waals surface area contributed by atoms with Crippen LogP contribution in [0.4, 0.5) is 0 Å². The average Bonchev–Trinajstić information content (AvgIpc) is 3.18. The molecule has 0 N–H and O–H groups in total. The van der Waals surface area contributed by atoms with Gasteiger partial charge < -0.3 is 9.15 Å². The summed E-state index contributed by atoms with van der Waals surface area (Å²) in [6.45, 7) is 1.15. The Balaban J connectivity index is 1.70. The summed E-state index contributed by atoms with van der Waals surface area (Å²) in [5.41, 5.74) is 3.46. The van der Waals surface area contributed by atoms with Crippen molar-refractivity contribution in [1.29, 1.82) is 0 Å². The first-order valence-electron chi connectivity index (χ1n) is 8.66. The molecule has 142 valence electrons. The third kappa shape index (κ3) is 4.05. The predicted molar refractivity (Wildman–Crippen MR) is 117 cm³/mol. The van der Waals surface area contributed by atoms with Crippen molar-refractivity contribution in [3.63, 3.8) is 0 Å². The molecule has 2 aromatic carbocycles. The Morgan fingerprint density at radius 1 is 1.07 bits per heavy atom. The number of hydrogen-bond donors (Lipinski definition) is 0. The summed E-state index contributed by atoms with van der Waals surface area (Å²) in [5.74, 6) is 2.27. The molecule has 0 aliphatic heterocycles. The van der Waals surface area contributed by atoms with Crippen LogP contribution >= 0.6 is 26.0 Å². The molecule has 2 aromatic heterocycles. The maximum atomic E-state index is 5.99. The van der Waals surface area contributed by atoms with Crippen LogP contribution in [0.25, 0.3) is 33.8 Å². The fourth-order valence-electron chi connectivity index (χ4n) is 2.83. The van der Waals surface area contributed by atoms with Crippen molar-refractivity contribution >= 4 is 48.1 Å². The first-order valence-corrected chi connectivity index (χ1v) is 12.5. The van der Waals surface area contributed by atoms with Crippen LogP contribution in [-0.2, 0) is 11.5 Å². The number of para-hydroxylation sites is 2. The Hall–Kier alpha value is -1.83. The van der Waals surface area contributed by atoms with Gasteiger partial charge in [0.25, 0.3) is 5.89 Å². The molecule has 0 aliphatic carbocycles. The van der Waals surface area contributed by atoms with E-state index in [2.05, 4.69) is 39.7 Å². The minimum atomic E-state index is -0.577. The minimum Gasteiger partial charge on any atom is -0.434 e. The molecule has 0 atom stereocenters. The van der Waals surface area contributed by atoms with Gasteiger partial charge in [-0.25, -0.2) is 20.0 Å². The predicted octanol–water partition coefficient (Wildman–Crippen LogP) is 5.28. The molecule has 5 nitrogen and oxygen atoms in total. The SMILES string of the molecule is CS(C)(C)CCOCn1c(-c2nc3ccc(Br)cc3o2)nc2ccccc21. The zero-order valence-corrected chi connectivity index (χ0v) is 18.0. The van der Waals surface area contributed by atoms with Gasteiger partial charge in [-0.3, -0.25) is 4.57 Å². The molecule has 2 heterocycles. The molecule has 0 spiro atoms. The maximum Gasteiger partial charge on any atom is 0.264 e. The fourth-order valence-corrected chi connectivity index (χ4v) is 3.79. The van der Waals surface area contributed by atoms with Gasteiger partial charge in [-0.05, 0) is 49.1 Å². The maximum absolute atomic E-state index is 5.99. The lowest BCUT2D eigenvalue weighted by molar-refractivity contribution is 0.0931.